The van der Waals surface area contributed by atoms with E-state index in [1.807, 2.05) is 23.1 Å². The van der Waals surface area contributed by atoms with Crippen molar-refractivity contribution in [1.29, 1.82) is 0 Å². The first kappa shape index (κ1) is 22.4. The van der Waals surface area contributed by atoms with Crippen LogP contribution in [0.4, 0.5) is 0 Å². The average Bonchev–Trinajstić information content (AvgIpc) is 3.54. The van der Waals surface area contributed by atoms with Crippen LogP contribution in [0.2, 0.25) is 5.02 Å². The molecule has 1 amide bonds. The first-order chi connectivity index (χ1) is 15.9. The van der Waals surface area contributed by atoms with E-state index in [9.17, 15) is 13.2 Å². The van der Waals surface area contributed by atoms with Crippen LogP contribution in [0.5, 0.6) is 0 Å². The number of halogens is 1. The number of carbonyl (C=O) groups excluding carboxylic acids is 1. The summed E-state index contributed by atoms with van der Waals surface area (Å²) in [6.45, 7) is 3.07. The number of rotatable bonds is 5. The van der Waals surface area contributed by atoms with Crippen LogP contribution in [0.3, 0.4) is 0 Å². The molecule has 2 aromatic carbocycles. The summed E-state index contributed by atoms with van der Waals surface area (Å²) in [7, 11) is -3.72. The van der Waals surface area contributed by atoms with Gasteiger partial charge in [0.1, 0.15) is 10.9 Å². The Morgan fingerprint density at radius 2 is 1.88 bits per heavy atom. The molecular formula is C24H27ClN4O3S. The molecule has 0 aromatic heterocycles. The summed E-state index contributed by atoms with van der Waals surface area (Å²) in [6.07, 6.45) is 3.77. The summed E-state index contributed by atoms with van der Waals surface area (Å²) >= 11 is 6.24. The van der Waals surface area contributed by atoms with E-state index in [1.165, 1.54) is 0 Å². The van der Waals surface area contributed by atoms with Crippen LogP contribution in [-0.2, 0) is 14.8 Å². The zero-order valence-electron chi connectivity index (χ0n) is 18.3. The highest BCUT2D eigenvalue weighted by Gasteiger charge is 2.39. The van der Waals surface area contributed by atoms with Crippen LogP contribution in [-0.4, -0.2) is 62.2 Å². The Labute approximate surface area is 199 Å². The van der Waals surface area contributed by atoms with E-state index in [4.69, 9.17) is 11.6 Å². The van der Waals surface area contributed by atoms with Crippen LogP contribution in [0.15, 0.2) is 57.8 Å². The third-order valence-electron chi connectivity index (χ3n) is 6.72. The number of fused-ring (bicyclic) bond motifs is 1. The van der Waals surface area contributed by atoms with Crippen molar-refractivity contribution in [2.45, 2.75) is 42.7 Å². The van der Waals surface area contributed by atoms with Gasteiger partial charge in [0.05, 0.1) is 6.04 Å². The number of likely N-dealkylation sites (tertiary alicyclic amines) is 2. The van der Waals surface area contributed by atoms with Gasteiger partial charge >= 0.3 is 0 Å². The second-order valence-corrected chi connectivity index (χ2v) is 10.8. The molecule has 1 N–H and O–H groups in total. The maximum atomic E-state index is 13.3. The molecule has 5 rings (SSSR count). The third-order valence-corrected chi connectivity index (χ3v) is 8.28. The van der Waals surface area contributed by atoms with Crippen LogP contribution in [0, 0.1) is 0 Å². The quantitative estimate of drug-likeness (QED) is 0.701. The van der Waals surface area contributed by atoms with Crippen LogP contribution in [0.25, 0.3) is 0 Å². The van der Waals surface area contributed by atoms with Gasteiger partial charge in [-0.15, -0.1) is 4.40 Å². The number of amides is 1. The molecule has 0 bridgehead atoms. The van der Waals surface area contributed by atoms with Crippen LogP contribution < -0.4 is 5.32 Å². The van der Waals surface area contributed by atoms with Crippen molar-refractivity contribution < 1.29 is 13.2 Å². The van der Waals surface area contributed by atoms with Gasteiger partial charge in [-0.1, -0.05) is 35.9 Å². The molecule has 1 unspecified atom stereocenters. The topological polar surface area (TPSA) is 82.1 Å². The molecule has 2 fully saturated rings. The number of hydrogen-bond acceptors (Lipinski definition) is 5. The molecule has 33 heavy (non-hydrogen) atoms. The SMILES string of the molecule is O=C(NCC(c1cccc(Cl)c1)N1CCCC1)[C@@H]1CCCN1C1=NS(=O)(=O)c2ccccc21. The largest absolute Gasteiger partial charge is 0.352 e. The predicted molar refractivity (Wildman–Crippen MR) is 128 cm³/mol. The maximum absolute atomic E-state index is 13.3. The number of carbonyl (C=O) groups is 1. The summed E-state index contributed by atoms with van der Waals surface area (Å²) in [5.74, 6) is 0.289. The molecule has 0 aliphatic carbocycles. The van der Waals surface area contributed by atoms with Crippen molar-refractivity contribution in [3.8, 4) is 0 Å². The minimum absolute atomic E-state index is 0.0509. The second kappa shape index (κ2) is 9.08. The standard InChI is InChI=1S/C24H27ClN4O3S/c25-18-8-5-7-17(15-18)21(28-12-3-4-13-28)16-26-24(30)20-10-6-14-29(20)23-19-9-1-2-11-22(19)33(31,32)27-23/h1-2,5,7-9,11,15,20-21H,3-4,6,10,12-14,16H2,(H,26,30)/t20-,21?/m0/s1. The number of amidine groups is 1. The fourth-order valence-corrected chi connectivity index (χ4v) is 6.54. The second-order valence-electron chi connectivity index (χ2n) is 8.80. The van der Waals surface area contributed by atoms with Gasteiger partial charge in [-0.05, 0) is 68.6 Å². The Kier molecular flexibility index (Phi) is 6.16. The lowest BCUT2D eigenvalue weighted by Gasteiger charge is -2.30. The minimum atomic E-state index is -3.72. The number of nitrogens with one attached hydrogen (secondary N) is 1. The molecule has 0 saturated carbocycles. The molecular weight excluding hydrogens is 460 g/mol. The van der Waals surface area contributed by atoms with Gasteiger partial charge in [0.25, 0.3) is 10.0 Å². The average molecular weight is 487 g/mol. The van der Waals surface area contributed by atoms with Crippen molar-refractivity contribution in [1.82, 2.24) is 15.1 Å². The normalized spacial score (nSPS) is 22.8. The fourth-order valence-electron chi connectivity index (χ4n) is 5.13. The lowest BCUT2D eigenvalue weighted by molar-refractivity contribution is -0.124. The molecule has 0 spiro atoms. The number of benzene rings is 2. The van der Waals surface area contributed by atoms with Crippen molar-refractivity contribution in [3.63, 3.8) is 0 Å². The van der Waals surface area contributed by atoms with Gasteiger partial charge in [-0.2, -0.15) is 8.42 Å². The molecule has 2 aromatic rings. The lowest BCUT2D eigenvalue weighted by atomic mass is 10.0. The maximum Gasteiger partial charge on any atom is 0.285 e. The summed E-state index contributed by atoms with van der Waals surface area (Å²) in [5, 5.41) is 3.83. The van der Waals surface area contributed by atoms with Crippen molar-refractivity contribution in [2.24, 2.45) is 4.40 Å². The summed E-state index contributed by atoms with van der Waals surface area (Å²) < 4.78 is 29.1. The first-order valence-corrected chi connectivity index (χ1v) is 13.2. The Balaban J connectivity index is 1.34. The zero-order chi connectivity index (χ0) is 23.0. The van der Waals surface area contributed by atoms with Gasteiger partial charge in [-0.25, -0.2) is 0 Å². The molecule has 3 aliphatic rings. The van der Waals surface area contributed by atoms with Crippen molar-refractivity contribution in [2.75, 3.05) is 26.2 Å². The van der Waals surface area contributed by atoms with E-state index in [0.29, 0.717) is 35.9 Å². The predicted octanol–water partition coefficient (Wildman–Crippen LogP) is 3.21. The van der Waals surface area contributed by atoms with E-state index < -0.39 is 16.1 Å². The molecule has 2 saturated heterocycles. The molecule has 0 radical (unpaired) electrons. The Morgan fingerprint density at radius 1 is 1.09 bits per heavy atom. The van der Waals surface area contributed by atoms with Gasteiger partial charge < -0.3 is 10.2 Å². The van der Waals surface area contributed by atoms with Crippen molar-refractivity contribution >= 4 is 33.4 Å². The molecule has 3 heterocycles. The zero-order valence-corrected chi connectivity index (χ0v) is 19.9. The smallest absolute Gasteiger partial charge is 0.285 e. The van der Waals surface area contributed by atoms with Crippen molar-refractivity contribution in [3.05, 3.63) is 64.7 Å². The molecule has 2 atom stereocenters. The Bertz CT molecular complexity index is 1190. The minimum Gasteiger partial charge on any atom is -0.352 e. The molecule has 7 nitrogen and oxygen atoms in total. The van der Waals surface area contributed by atoms with E-state index >= 15 is 0 Å². The van der Waals surface area contributed by atoms with Gasteiger partial charge in [-0.3, -0.25) is 9.69 Å². The van der Waals surface area contributed by atoms with E-state index in [1.54, 1.807) is 24.3 Å². The van der Waals surface area contributed by atoms with E-state index in [2.05, 4.69) is 20.7 Å². The van der Waals surface area contributed by atoms with E-state index in [0.717, 1.165) is 37.9 Å². The molecule has 9 heteroatoms. The van der Waals surface area contributed by atoms with E-state index in [-0.39, 0.29) is 16.8 Å². The van der Waals surface area contributed by atoms with Gasteiger partial charge in [0, 0.05) is 23.7 Å². The number of hydrogen-bond donors (Lipinski definition) is 1. The summed E-state index contributed by atoms with van der Waals surface area (Å²) in [5.41, 5.74) is 1.67. The monoisotopic (exact) mass is 486 g/mol. The highest BCUT2D eigenvalue weighted by atomic mass is 35.5. The van der Waals surface area contributed by atoms with Crippen LogP contribution >= 0.6 is 11.6 Å². The molecule has 174 valence electrons. The number of nitrogens with zero attached hydrogens (tertiary/aromatic N) is 3. The number of sulfonamides is 1. The Morgan fingerprint density at radius 3 is 2.67 bits per heavy atom. The highest BCUT2D eigenvalue weighted by molar-refractivity contribution is 7.90. The highest BCUT2D eigenvalue weighted by Crippen LogP contribution is 2.31. The molecule has 3 aliphatic heterocycles. The fraction of sp³-hybridized carbons (Fsp3) is 0.417. The summed E-state index contributed by atoms with van der Waals surface area (Å²) in [4.78, 5) is 17.8. The Hall–Kier alpha value is -2.42. The van der Waals surface area contributed by atoms with Gasteiger partial charge in [0.2, 0.25) is 5.91 Å². The first-order valence-electron chi connectivity index (χ1n) is 11.4. The summed E-state index contributed by atoms with van der Waals surface area (Å²) in [6, 6.07) is 14.2. The lowest BCUT2D eigenvalue weighted by Crippen LogP contribution is -2.48. The van der Waals surface area contributed by atoms with Crippen LogP contribution in [0.1, 0.15) is 42.9 Å². The van der Waals surface area contributed by atoms with Gasteiger partial charge in [0.15, 0.2) is 5.84 Å². The third kappa shape index (κ3) is 4.39.